The minimum Gasteiger partial charge on any atom is -0.127 e. The molecule has 0 saturated carbocycles. The molecule has 0 amide bonds. The van der Waals surface area contributed by atoms with E-state index in [9.17, 15) is 0 Å². The van der Waals surface area contributed by atoms with Crippen LogP contribution < -0.4 is 15.9 Å². The van der Waals surface area contributed by atoms with Gasteiger partial charge in [0.25, 0.3) is 0 Å². The maximum absolute atomic E-state index is 3.56. The molecule has 2 heteroatoms. The van der Waals surface area contributed by atoms with Gasteiger partial charge >= 0.3 is 0 Å². The first-order valence-electron chi connectivity index (χ1n) is 9.02. The van der Waals surface area contributed by atoms with E-state index < -0.39 is 15.3 Å². The summed E-state index contributed by atoms with van der Waals surface area (Å²) < 4.78 is 0. The van der Waals surface area contributed by atoms with Crippen LogP contribution in [0.15, 0.2) is 84.9 Å². The Morgan fingerprint density at radius 1 is 0.654 bits per heavy atom. The zero-order chi connectivity index (χ0) is 18.6. The van der Waals surface area contributed by atoms with Crippen LogP contribution in [0.1, 0.15) is 5.56 Å². The van der Waals surface area contributed by atoms with Crippen LogP contribution in [0.5, 0.6) is 0 Å². The third-order valence-electron chi connectivity index (χ3n) is 4.50. The zero-order valence-corrected chi connectivity index (χ0v) is 17.9. The third kappa shape index (κ3) is 3.99. The quantitative estimate of drug-likeness (QED) is 0.350. The molecule has 0 nitrogen and oxygen atoms in total. The van der Waals surface area contributed by atoms with Gasteiger partial charge in [0.15, 0.2) is 0 Å². The Hall–Kier alpha value is -2.13. The normalized spacial score (nSPS) is 11.5. The van der Waals surface area contributed by atoms with Crippen molar-refractivity contribution in [1.82, 2.24) is 0 Å². The molecule has 0 aromatic heterocycles. The molecule has 0 fully saturated rings. The van der Waals surface area contributed by atoms with Crippen molar-refractivity contribution >= 4 is 31.2 Å². The smallest absolute Gasteiger partial charge is 0.127 e. The molecular formula is C24H26PSi+. The van der Waals surface area contributed by atoms with E-state index in [2.05, 4.69) is 123 Å². The fraction of sp³-hybridized carbons (Fsp3) is 0.167. The molecule has 0 atom stereocenters. The van der Waals surface area contributed by atoms with Crippen molar-refractivity contribution in [3.63, 3.8) is 0 Å². The minimum absolute atomic E-state index is 1.18. The van der Waals surface area contributed by atoms with Crippen molar-refractivity contribution in [3.05, 3.63) is 90.5 Å². The Morgan fingerprint density at radius 2 is 1.12 bits per heavy atom. The van der Waals surface area contributed by atoms with E-state index in [0.717, 1.165) is 0 Å². The first kappa shape index (κ1) is 18.7. The predicted molar refractivity (Wildman–Crippen MR) is 121 cm³/mol. The molecule has 130 valence electrons. The first-order valence-corrected chi connectivity index (χ1v) is 14.8. The Balaban J connectivity index is 2.27. The van der Waals surface area contributed by atoms with Gasteiger partial charge < -0.3 is 0 Å². The lowest BCUT2D eigenvalue weighted by atomic mass is 10.2. The van der Waals surface area contributed by atoms with Gasteiger partial charge in [-0.15, -0.1) is 5.54 Å². The van der Waals surface area contributed by atoms with E-state index in [0.29, 0.717) is 0 Å². The molecule has 0 spiro atoms. The van der Waals surface area contributed by atoms with Crippen molar-refractivity contribution in [2.24, 2.45) is 0 Å². The maximum Gasteiger partial charge on any atom is 0.129 e. The highest BCUT2D eigenvalue weighted by atomic mass is 31.2. The molecule has 0 bridgehead atoms. The first-order chi connectivity index (χ1) is 12.4. The van der Waals surface area contributed by atoms with E-state index >= 15 is 0 Å². The van der Waals surface area contributed by atoms with Gasteiger partial charge in [0.1, 0.15) is 31.2 Å². The second-order valence-electron chi connectivity index (χ2n) is 7.69. The predicted octanol–water partition coefficient (Wildman–Crippen LogP) is 4.84. The molecule has 0 N–H and O–H groups in total. The summed E-state index contributed by atoms with van der Waals surface area (Å²) in [5.41, 5.74) is 4.74. The van der Waals surface area contributed by atoms with Crippen LogP contribution in [0.25, 0.3) is 0 Å². The molecule has 3 aromatic rings. The fourth-order valence-electron chi connectivity index (χ4n) is 3.10. The standard InChI is InChI=1S/C24H26PSi/c1-25(22-14-7-5-8-15-22,23-16-9-6-10-17-23)24-18-12-11-13-21(24)19-20-26(2,3)4/h5-18H,1-4H3/q+1. The van der Waals surface area contributed by atoms with E-state index in [-0.39, 0.29) is 0 Å². The van der Waals surface area contributed by atoms with Crippen molar-refractivity contribution in [3.8, 4) is 11.5 Å². The molecule has 0 unspecified atom stereocenters. The summed E-state index contributed by atoms with van der Waals surface area (Å²) in [6.07, 6.45) is 0. The lowest BCUT2D eigenvalue weighted by Crippen LogP contribution is -2.31. The summed E-state index contributed by atoms with van der Waals surface area (Å²) in [7, 11) is -3.16. The Kier molecular flexibility index (Phi) is 5.47. The molecule has 0 aliphatic carbocycles. The van der Waals surface area contributed by atoms with E-state index in [1.807, 2.05) is 0 Å². The van der Waals surface area contributed by atoms with Crippen LogP contribution in [0, 0.1) is 11.5 Å². The van der Waals surface area contributed by atoms with Crippen molar-refractivity contribution in [2.45, 2.75) is 19.6 Å². The van der Waals surface area contributed by atoms with E-state index in [4.69, 9.17) is 0 Å². The average Bonchev–Trinajstić information content (AvgIpc) is 2.67. The van der Waals surface area contributed by atoms with Gasteiger partial charge in [-0.25, -0.2) is 0 Å². The molecule has 0 aliphatic rings. The molecule has 0 radical (unpaired) electrons. The summed E-state index contributed by atoms with van der Waals surface area (Å²) in [6, 6.07) is 30.6. The number of hydrogen-bond acceptors (Lipinski definition) is 0. The molecule has 3 rings (SSSR count). The Morgan fingerprint density at radius 3 is 1.62 bits per heavy atom. The van der Waals surface area contributed by atoms with Crippen LogP contribution in [0.2, 0.25) is 19.6 Å². The lowest BCUT2D eigenvalue weighted by Gasteiger charge is -2.24. The second-order valence-corrected chi connectivity index (χ2v) is 16.0. The monoisotopic (exact) mass is 373 g/mol. The summed E-state index contributed by atoms with van der Waals surface area (Å²) in [6.45, 7) is 9.31. The van der Waals surface area contributed by atoms with Crippen molar-refractivity contribution in [2.75, 3.05) is 6.66 Å². The van der Waals surface area contributed by atoms with Gasteiger partial charge in [0.2, 0.25) is 0 Å². The van der Waals surface area contributed by atoms with Gasteiger partial charge in [-0.2, -0.15) is 0 Å². The second kappa shape index (κ2) is 7.63. The Labute approximate surface area is 159 Å². The number of benzene rings is 3. The van der Waals surface area contributed by atoms with Gasteiger partial charge in [-0.3, -0.25) is 0 Å². The number of rotatable bonds is 3. The topological polar surface area (TPSA) is 0 Å². The molecule has 3 aromatic carbocycles. The van der Waals surface area contributed by atoms with Crippen LogP contribution in [-0.4, -0.2) is 14.7 Å². The summed E-state index contributed by atoms with van der Waals surface area (Å²) in [5.74, 6) is 3.54. The van der Waals surface area contributed by atoms with Crippen LogP contribution >= 0.6 is 7.26 Å². The van der Waals surface area contributed by atoms with Gasteiger partial charge in [0, 0.05) is 0 Å². The molecule has 0 heterocycles. The molecule has 0 aliphatic heterocycles. The highest BCUT2D eigenvalue weighted by Crippen LogP contribution is 2.52. The number of hydrogen-bond donors (Lipinski definition) is 0. The largest absolute Gasteiger partial charge is 0.129 e. The SMILES string of the molecule is C[Si](C)(C)C#Cc1ccccc1[P+](C)(c1ccccc1)c1ccccc1. The summed E-state index contributed by atoms with van der Waals surface area (Å²) in [5, 5.41) is 4.17. The highest BCUT2D eigenvalue weighted by Gasteiger charge is 2.41. The Bertz CT molecular complexity index is 889. The zero-order valence-electron chi connectivity index (χ0n) is 16.0. The fourth-order valence-corrected chi connectivity index (χ4v) is 7.00. The van der Waals surface area contributed by atoms with Gasteiger partial charge in [0.05, 0.1) is 12.2 Å². The minimum atomic E-state index is -1.73. The third-order valence-corrected chi connectivity index (χ3v) is 9.39. The van der Waals surface area contributed by atoms with Crippen molar-refractivity contribution < 1.29 is 0 Å². The highest BCUT2D eigenvalue weighted by molar-refractivity contribution is 7.95. The van der Waals surface area contributed by atoms with Gasteiger partial charge in [-0.1, -0.05) is 74.1 Å². The van der Waals surface area contributed by atoms with E-state index in [1.54, 1.807) is 0 Å². The maximum atomic E-state index is 3.56. The average molecular weight is 374 g/mol. The molecule has 26 heavy (non-hydrogen) atoms. The molecule has 0 saturated heterocycles. The van der Waals surface area contributed by atoms with Crippen LogP contribution in [0.3, 0.4) is 0 Å². The van der Waals surface area contributed by atoms with Crippen LogP contribution in [0.4, 0.5) is 0 Å². The van der Waals surface area contributed by atoms with E-state index in [1.165, 1.54) is 21.5 Å². The van der Waals surface area contributed by atoms with Gasteiger partial charge in [-0.05, 0) is 36.4 Å². The lowest BCUT2D eigenvalue weighted by molar-refractivity contribution is 1.68. The van der Waals surface area contributed by atoms with Crippen molar-refractivity contribution in [1.29, 1.82) is 0 Å². The van der Waals surface area contributed by atoms with Crippen LogP contribution in [-0.2, 0) is 0 Å². The molecular weight excluding hydrogens is 347 g/mol. The summed E-state index contributed by atoms with van der Waals surface area (Å²) in [4.78, 5) is 0. The summed E-state index contributed by atoms with van der Waals surface area (Å²) >= 11 is 0.